The third-order valence-corrected chi connectivity index (χ3v) is 0.751. The molecule has 14 heavy (non-hydrogen) atoms. The Morgan fingerprint density at radius 1 is 0.857 bits per heavy atom. The Labute approximate surface area is 77.7 Å². The molecule has 0 spiro atoms. The van der Waals surface area contributed by atoms with Gasteiger partial charge in [0, 0.05) is 0 Å². The molecule has 0 saturated heterocycles. The van der Waals surface area contributed by atoms with Crippen LogP contribution in [-0.2, 0) is 0 Å². The molecule has 0 unspecified atom stereocenters. The highest BCUT2D eigenvalue weighted by Crippen LogP contribution is 1.59. The number of urea groups is 2. The maximum absolute atomic E-state index is 10.4. The Hall–Kier alpha value is -2.34. The van der Waals surface area contributed by atoms with E-state index < -0.39 is 12.1 Å². The van der Waals surface area contributed by atoms with Gasteiger partial charge in [-0.2, -0.15) is 11.1 Å². The topological polar surface area (TPSA) is 183 Å². The van der Waals surface area contributed by atoms with Crippen molar-refractivity contribution in [3.63, 3.8) is 0 Å². The molecular weight excluding hydrogens is 196 g/mol. The number of carbonyl (C=O) groups is 2. The van der Waals surface area contributed by atoms with E-state index in [0.717, 1.165) is 0 Å². The van der Waals surface area contributed by atoms with Gasteiger partial charge in [0.05, 0.1) is 0 Å². The summed E-state index contributed by atoms with van der Waals surface area (Å²) in [5.41, 5.74) is 11.4. The molecule has 0 atom stereocenters. The van der Waals surface area contributed by atoms with Crippen LogP contribution >= 0.6 is 0 Å². The second kappa shape index (κ2) is 7.32. The maximum atomic E-state index is 10.4. The van der Waals surface area contributed by atoms with Gasteiger partial charge >= 0.3 is 12.1 Å². The van der Waals surface area contributed by atoms with Crippen LogP contribution in [0.3, 0.4) is 0 Å². The van der Waals surface area contributed by atoms with E-state index in [4.69, 9.17) is 11.7 Å². The molecule has 0 fully saturated rings. The summed E-state index contributed by atoms with van der Waals surface area (Å²) in [6.45, 7) is 0. The van der Waals surface area contributed by atoms with Crippen LogP contribution < -0.4 is 44.5 Å². The summed E-state index contributed by atoms with van der Waals surface area (Å²) in [6, 6.07) is -1.42. The Kier molecular flexibility index (Phi) is 6.09. The van der Waals surface area contributed by atoms with Gasteiger partial charge in [0.15, 0.2) is 0 Å². The molecule has 0 aliphatic heterocycles. The van der Waals surface area contributed by atoms with E-state index in [-0.39, 0.29) is 0 Å². The van der Waals surface area contributed by atoms with Crippen molar-refractivity contribution in [3.8, 4) is 0 Å². The first-order valence-electron chi connectivity index (χ1n) is 3.13. The zero-order chi connectivity index (χ0) is 10.8. The fraction of sp³-hybridized carbons (Fsp3) is 0. The van der Waals surface area contributed by atoms with Gasteiger partial charge in [-0.25, -0.2) is 32.1 Å². The minimum absolute atomic E-state index is 0.711. The number of carbonyl (C=O) groups excluding carboxylic acids is 2. The SMILES string of the molecule is NNC(=O)NNN=NNNC(=O)NN. The zero-order valence-electron chi connectivity index (χ0n) is 6.87. The van der Waals surface area contributed by atoms with Crippen molar-refractivity contribution in [1.82, 2.24) is 32.8 Å². The Morgan fingerprint density at radius 2 is 1.21 bits per heavy atom. The normalized spacial score (nSPS) is 9.00. The Balaban J connectivity index is 3.36. The molecule has 0 rings (SSSR count). The fourth-order valence-electron chi connectivity index (χ4n) is 0.274. The molecule has 80 valence electrons. The number of hydrazine groups is 4. The largest absolute Gasteiger partial charge is 0.348 e. The van der Waals surface area contributed by atoms with Crippen molar-refractivity contribution in [1.29, 1.82) is 0 Å². The summed E-state index contributed by atoms with van der Waals surface area (Å²) in [4.78, 5) is 20.7. The molecule has 0 heterocycles. The predicted molar refractivity (Wildman–Crippen MR) is 42.8 cm³/mol. The molecule has 10 N–H and O–H groups in total. The quantitative estimate of drug-likeness (QED) is 0.103. The first-order chi connectivity index (χ1) is 6.70. The van der Waals surface area contributed by atoms with Crippen LogP contribution in [0.5, 0.6) is 0 Å². The van der Waals surface area contributed by atoms with Crippen LogP contribution in [0, 0.1) is 0 Å². The van der Waals surface area contributed by atoms with E-state index in [0.29, 0.717) is 0 Å². The van der Waals surface area contributed by atoms with Gasteiger partial charge in [0.2, 0.25) is 0 Å². The van der Waals surface area contributed by atoms with E-state index in [1.165, 1.54) is 0 Å². The van der Waals surface area contributed by atoms with Gasteiger partial charge in [-0.15, -0.1) is 0 Å². The summed E-state index contributed by atoms with van der Waals surface area (Å²) in [6.07, 6.45) is 0. The zero-order valence-corrected chi connectivity index (χ0v) is 6.87. The molecule has 0 bridgehead atoms. The van der Waals surface area contributed by atoms with Gasteiger partial charge in [-0.3, -0.25) is 10.9 Å². The van der Waals surface area contributed by atoms with Gasteiger partial charge in [-0.05, 0) is 10.4 Å². The molecule has 0 aromatic heterocycles. The highest BCUT2D eigenvalue weighted by atomic mass is 16.2. The predicted octanol–water partition coefficient (Wildman–Crippen LogP) is -3.38. The molecule has 0 aliphatic carbocycles. The van der Waals surface area contributed by atoms with Crippen molar-refractivity contribution in [2.75, 3.05) is 0 Å². The fourth-order valence-corrected chi connectivity index (χ4v) is 0.274. The number of nitrogens with zero attached hydrogens (tertiary/aromatic N) is 2. The molecule has 0 radical (unpaired) electrons. The first kappa shape index (κ1) is 11.7. The van der Waals surface area contributed by atoms with Crippen LogP contribution in [0.1, 0.15) is 0 Å². The summed E-state index contributed by atoms with van der Waals surface area (Å²) in [7, 11) is 0. The third-order valence-electron chi connectivity index (χ3n) is 0.751. The average Bonchev–Trinajstić information content (AvgIpc) is 2.22. The molecule has 0 aromatic carbocycles. The van der Waals surface area contributed by atoms with Crippen molar-refractivity contribution in [3.05, 3.63) is 0 Å². The van der Waals surface area contributed by atoms with E-state index >= 15 is 0 Å². The lowest BCUT2D eigenvalue weighted by Gasteiger charge is -2.01. The molecule has 4 amide bonds. The highest BCUT2D eigenvalue weighted by Gasteiger charge is 1.91. The van der Waals surface area contributed by atoms with Gasteiger partial charge in [0.25, 0.3) is 0 Å². The van der Waals surface area contributed by atoms with Crippen LogP contribution in [0.15, 0.2) is 10.4 Å². The number of nitrogens with one attached hydrogen (secondary N) is 6. The Morgan fingerprint density at radius 3 is 1.50 bits per heavy atom. The minimum atomic E-state index is -0.711. The third kappa shape index (κ3) is 6.38. The van der Waals surface area contributed by atoms with Gasteiger partial charge < -0.3 is 0 Å². The van der Waals surface area contributed by atoms with Crippen molar-refractivity contribution < 1.29 is 9.59 Å². The van der Waals surface area contributed by atoms with E-state index in [1.807, 2.05) is 21.9 Å². The second-order valence-electron chi connectivity index (χ2n) is 1.62. The van der Waals surface area contributed by atoms with Crippen molar-refractivity contribution in [2.24, 2.45) is 22.1 Å². The summed E-state index contributed by atoms with van der Waals surface area (Å²) < 4.78 is 0. The first-order valence-corrected chi connectivity index (χ1v) is 3.13. The summed E-state index contributed by atoms with van der Waals surface area (Å²) >= 11 is 0. The van der Waals surface area contributed by atoms with Crippen LogP contribution in [0.25, 0.3) is 0 Å². The Bertz CT molecular complexity index is 190. The number of hydrogen-bond acceptors (Lipinski definition) is 6. The maximum Gasteiger partial charge on any atom is 0.348 e. The smallest absolute Gasteiger partial charge is 0.275 e. The van der Waals surface area contributed by atoms with Crippen LogP contribution in [0.4, 0.5) is 9.59 Å². The standard InChI is InChI=1S/C2H10N10O2/c3-5-1(13)7-9-11-12-10-8-2(14)6-4/h3-4H2,(H3,5,7,10,11,13)(H3,6,8,9,12,14). The number of amides is 4. The lowest BCUT2D eigenvalue weighted by atomic mass is 11.1. The molecular formula is C2H10N10O2. The van der Waals surface area contributed by atoms with Crippen molar-refractivity contribution in [2.45, 2.75) is 0 Å². The number of nitrogens with two attached hydrogens (primary N) is 2. The van der Waals surface area contributed by atoms with Crippen molar-refractivity contribution >= 4 is 12.1 Å². The van der Waals surface area contributed by atoms with Gasteiger partial charge in [0.1, 0.15) is 0 Å². The van der Waals surface area contributed by atoms with E-state index in [9.17, 15) is 9.59 Å². The molecule has 12 nitrogen and oxygen atoms in total. The molecule has 0 aliphatic rings. The van der Waals surface area contributed by atoms with Gasteiger partial charge in [-0.1, -0.05) is 0 Å². The highest BCUT2D eigenvalue weighted by molar-refractivity contribution is 5.72. The monoisotopic (exact) mass is 206 g/mol. The van der Waals surface area contributed by atoms with E-state index in [2.05, 4.69) is 10.4 Å². The van der Waals surface area contributed by atoms with Crippen LogP contribution in [0.2, 0.25) is 0 Å². The van der Waals surface area contributed by atoms with E-state index in [1.54, 1.807) is 10.9 Å². The number of rotatable bonds is 4. The average molecular weight is 206 g/mol. The second-order valence-corrected chi connectivity index (χ2v) is 1.62. The summed E-state index contributed by atoms with van der Waals surface area (Å²) in [5.74, 6) is 9.40. The lowest BCUT2D eigenvalue weighted by molar-refractivity contribution is 0.233. The molecule has 0 saturated carbocycles. The summed E-state index contributed by atoms with van der Waals surface area (Å²) in [5, 5.41) is 6.24. The molecule has 0 aromatic rings. The van der Waals surface area contributed by atoms with Crippen LogP contribution in [-0.4, -0.2) is 12.1 Å². The molecule has 12 heteroatoms. The lowest BCUT2D eigenvalue weighted by Crippen LogP contribution is -2.46. The minimum Gasteiger partial charge on any atom is -0.275 e. The number of hydrogen-bond donors (Lipinski definition) is 8.